The van der Waals surface area contributed by atoms with Crippen LogP contribution in [-0.2, 0) is 11.3 Å². The second-order valence-corrected chi connectivity index (χ2v) is 6.13. The normalized spacial score (nSPS) is 21.8. The molecule has 0 bridgehead atoms. The summed E-state index contributed by atoms with van der Waals surface area (Å²) in [4.78, 5) is 28.9. The minimum Gasteiger partial charge on any atom is -0.395 e. The van der Waals surface area contributed by atoms with Gasteiger partial charge in [-0.25, -0.2) is 4.79 Å². The molecule has 0 radical (unpaired) electrons. The molecule has 1 aliphatic heterocycles. The average Bonchev–Trinajstić information content (AvgIpc) is 3.04. The van der Waals surface area contributed by atoms with Crippen LogP contribution in [-0.4, -0.2) is 57.7 Å². The second kappa shape index (κ2) is 6.55. The molecule has 1 aliphatic rings. The lowest BCUT2D eigenvalue weighted by Gasteiger charge is -2.15. The summed E-state index contributed by atoms with van der Waals surface area (Å²) in [5, 5.41) is 12.2. The molecule has 1 fully saturated rings. The van der Waals surface area contributed by atoms with E-state index in [2.05, 4.69) is 15.2 Å². The maximum Gasteiger partial charge on any atom is 0.326 e. The van der Waals surface area contributed by atoms with E-state index in [-0.39, 0.29) is 36.7 Å². The molecule has 0 spiro atoms. The number of aryl methyl sites for hydroxylation is 1. The van der Waals surface area contributed by atoms with Gasteiger partial charge in [0, 0.05) is 31.6 Å². The number of likely N-dealkylation sites (tertiary alicyclic amines) is 1. The molecule has 7 heteroatoms. The number of benzene rings is 1. The molecule has 23 heavy (non-hydrogen) atoms. The molecular formula is C16H22N4O3. The van der Waals surface area contributed by atoms with Gasteiger partial charge in [0.05, 0.1) is 17.6 Å². The Bertz CT molecular complexity index is 751. The standard InChI is InChI=1S/C16H22N4O3/c1-19-9-11(8-12(19)10-21)17-15(22)6-7-20-14-5-3-2-4-13(14)18-16(20)23/h2-5,11-12,21H,6-10H2,1H3,(H,17,22)(H,18,23)/t11-,12+/m1/s1. The van der Waals surface area contributed by atoms with Gasteiger partial charge in [0.25, 0.3) is 0 Å². The number of nitrogens with zero attached hydrogens (tertiary/aromatic N) is 2. The summed E-state index contributed by atoms with van der Waals surface area (Å²) in [5.74, 6) is -0.0702. The number of H-pyrrole nitrogens is 1. The Balaban J connectivity index is 1.59. The number of carbonyl (C=O) groups is 1. The molecule has 2 aromatic rings. The third-order valence-electron chi connectivity index (χ3n) is 4.51. The highest BCUT2D eigenvalue weighted by Crippen LogP contribution is 2.15. The zero-order valence-corrected chi connectivity index (χ0v) is 13.2. The highest BCUT2D eigenvalue weighted by molar-refractivity contribution is 5.77. The predicted molar refractivity (Wildman–Crippen MR) is 87.2 cm³/mol. The van der Waals surface area contributed by atoms with Gasteiger partial charge in [0.15, 0.2) is 0 Å². The number of nitrogens with one attached hydrogen (secondary N) is 2. The summed E-state index contributed by atoms with van der Waals surface area (Å²) in [6.45, 7) is 1.19. The quantitative estimate of drug-likeness (QED) is 0.718. The number of likely N-dealkylation sites (N-methyl/N-ethyl adjacent to an activating group) is 1. The van der Waals surface area contributed by atoms with Gasteiger partial charge in [-0.05, 0) is 25.6 Å². The third-order valence-corrected chi connectivity index (χ3v) is 4.51. The number of aromatic amines is 1. The Kier molecular flexibility index (Phi) is 4.49. The van der Waals surface area contributed by atoms with Crippen LogP contribution >= 0.6 is 0 Å². The van der Waals surface area contributed by atoms with Gasteiger partial charge in [0.1, 0.15) is 0 Å². The molecule has 1 aromatic heterocycles. The third kappa shape index (κ3) is 3.30. The number of fused-ring (bicyclic) bond motifs is 1. The Labute approximate surface area is 133 Å². The summed E-state index contributed by atoms with van der Waals surface area (Å²) in [6.07, 6.45) is 1.01. The van der Waals surface area contributed by atoms with Crippen LogP contribution in [0.4, 0.5) is 0 Å². The van der Waals surface area contributed by atoms with Crippen LogP contribution in [0, 0.1) is 0 Å². The van der Waals surface area contributed by atoms with Gasteiger partial charge in [-0.3, -0.25) is 14.3 Å². The lowest BCUT2D eigenvalue weighted by Crippen LogP contribution is -2.37. The molecule has 7 nitrogen and oxygen atoms in total. The molecule has 2 heterocycles. The number of aliphatic hydroxyl groups excluding tert-OH is 1. The van der Waals surface area contributed by atoms with E-state index in [0.29, 0.717) is 6.54 Å². The van der Waals surface area contributed by atoms with E-state index in [9.17, 15) is 14.7 Å². The first-order valence-electron chi connectivity index (χ1n) is 7.86. The molecule has 3 rings (SSSR count). The zero-order valence-electron chi connectivity index (χ0n) is 13.2. The number of imidazole rings is 1. The van der Waals surface area contributed by atoms with Gasteiger partial charge in [0.2, 0.25) is 5.91 Å². The number of hydrogen-bond donors (Lipinski definition) is 3. The van der Waals surface area contributed by atoms with Gasteiger partial charge < -0.3 is 15.4 Å². The number of amides is 1. The molecule has 2 atom stereocenters. The van der Waals surface area contributed by atoms with Crippen LogP contribution in [0.5, 0.6) is 0 Å². The number of aliphatic hydroxyl groups is 1. The number of rotatable bonds is 5. The predicted octanol–water partition coefficient (Wildman–Crippen LogP) is -0.0991. The van der Waals surface area contributed by atoms with E-state index >= 15 is 0 Å². The first-order chi connectivity index (χ1) is 11.1. The fraction of sp³-hybridized carbons (Fsp3) is 0.500. The molecular weight excluding hydrogens is 296 g/mol. The summed E-state index contributed by atoms with van der Waals surface area (Å²) in [7, 11) is 1.94. The molecule has 124 valence electrons. The van der Waals surface area contributed by atoms with Crippen molar-refractivity contribution in [1.29, 1.82) is 0 Å². The maximum atomic E-state index is 12.1. The largest absolute Gasteiger partial charge is 0.395 e. The van der Waals surface area contributed by atoms with Gasteiger partial charge in [-0.15, -0.1) is 0 Å². The van der Waals surface area contributed by atoms with Crippen LogP contribution in [0.2, 0.25) is 0 Å². The topological polar surface area (TPSA) is 90.4 Å². The van der Waals surface area contributed by atoms with Crippen molar-refractivity contribution in [3.63, 3.8) is 0 Å². The summed E-state index contributed by atoms with van der Waals surface area (Å²) in [6, 6.07) is 7.61. The molecule has 1 aromatic carbocycles. The van der Waals surface area contributed by atoms with E-state index in [4.69, 9.17) is 0 Å². The average molecular weight is 318 g/mol. The van der Waals surface area contributed by atoms with Crippen molar-refractivity contribution in [3.05, 3.63) is 34.7 Å². The van der Waals surface area contributed by atoms with E-state index < -0.39 is 0 Å². The number of carbonyl (C=O) groups excluding carboxylic acids is 1. The van der Waals surface area contributed by atoms with Crippen molar-refractivity contribution in [2.45, 2.75) is 31.5 Å². The van der Waals surface area contributed by atoms with Crippen LogP contribution in [0.3, 0.4) is 0 Å². The number of hydrogen-bond acceptors (Lipinski definition) is 4. The van der Waals surface area contributed by atoms with Crippen LogP contribution in [0.1, 0.15) is 12.8 Å². The molecule has 0 aliphatic carbocycles. The van der Waals surface area contributed by atoms with E-state index in [1.807, 2.05) is 31.3 Å². The van der Waals surface area contributed by atoms with Crippen molar-refractivity contribution < 1.29 is 9.90 Å². The minimum atomic E-state index is -0.194. The zero-order chi connectivity index (χ0) is 16.4. The van der Waals surface area contributed by atoms with Crippen molar-refractivity contribution in [1.82, 2.24) is 19.8 Å². The smallest absolute Gasteiger partial charge is 0.326 e. The Morgan fingerprint density at radius 1 is 1.43 bits per heavy atom. The van der Waals surface area contributed by atoms with Crippen LogP contribution < -0.4 is 11.0 Å². The molecule has 0 saturated carbocycles. The number of para-hydroxylation sites is 2. The molecule has 3 N–H and O–H groups in total. The Morgan fingerprint density at radius 2 is 2.22 bits per heavy atom. The Morgan fingerprint density at radius 3 is 2.96 bits per heavy atom. The second-order valence-electron chi connectivity index (χ2n) is 6.13. The van der Waals surface area contributed by atoms with E-state index in [0.717, 1.165) is 24.0 Å². The highest BCUT2D eigenvalue weighted by atomic mass is 16.3. The van der Waals surface area contributed by atoms with Gasteiger partial charge in [-0.1, -0.05) is 12.1 Å². The van der Waals surface area contributed by atoms with Crippen molar-refractivity contribution in [2.75, 3.05) is 20.2 Å². The van der Waals surface area contributed by atoms with Crippen molar-refractivity contribution in [2.24, 2.45) is 0 Å². The van der Waals surface area contributed by atoms with Crippen molar-refractivity contribution in [3.8, 4) is 0 Å². The lowest BCUT2D eigenvalue weighted by atomic mass is 10.2. The van der Waals surface area contributed by atoms with Crippen LogP contribution in [0.15, 0.2) is 29.1 Å². The Hall–Kier alpha value is -2.12. The lowest BCUT2D eigenvalue weighted by molar-refractivity contribution is -0.121. The minimum absolute atomic E-state index is 0.0596. The molecule has 0 unspecified atom stereocenters. The van der Waals surface area contributed by atoms with E-state index in [1.54, 1.807) is 4.57 Å². The summed E-state index contributed by atoms with van der Waals surface area (Å²) in [5.41, 5.74) is 1.40. The van der Waals surface area contributed by atoms with Crippen LogP contribution in [0.25, 0.3) is 11.0 Å². The van der Waals surface area contributed by atoms with Crippen molar-refractivity contribution >= 4 is 16.9 Å². The summed E-state index contributed by atoms with van der Waals surface area (Å²) < 4.78 is 1.59. The summed E-state index contributed by atoms with van der Waals surface area (Å²) >= 11 is 0. The highest BCUT2D eigenvalue weighted by Gasteiger charge is 2.29. The monoisotopic (exact) mass is 318 g/mol. The van der Waals surface area contributed by atoms with Gasteiger partial charge >= 0.3 is 5.69 Å². The molecule has 1 saturated heterocycles. The fourth-order valence-corrected chi connectivity index (χ4v) is 3.24. The SMILES string of the molecule is CN1C[C@H](NC(=O)CCn2c(=O)[nH]c3ccccc32)C[C@H]1CO. The fourth-order valence-electron chi connectivity index (χ4n) is 3.24. The first kappa shape index (κ1) is 15.8. The molecule has 1 amide bonds. The van der Waals surface area contributed by atoms with Gasteiger partial charge in [-0.2, -0.15) is 0 Å². The number of aromatic nitrogens is 2. The first-order valence-corrected chi connectivity index (χ1v) is 7.86. The maximum absolute atomic E-state index is 12.1. The van der Waals surface area contributed by atoms with E-state index in [1.165, 1.54) is 0 Å².